The van der Waals surface area contributed by atoms with E-state index in [2.05, 4.69) is 50.0 Å². The van der Waals surface area contributed by atoms with Crippen molar-refractivity contribution >= 4 is 0 Å². The second-order valence-corrected chi connectivity index (χ2v) is 8.28. The zero-order valence-corrected chi connectivity index (χ0v) is 14.3. The molecule has 0 bridgehead atoms. The monoisotopic (exact) mass is 281 g/mol. The molecule has 2 aliphatic rings. The molecule has 1 saturated carbocycles. The van der Waals surface area contributed by atoms with Crippen LogP contribution in [0, 0.1) is 11.8 Å². The summed E-state index contributed by atoms with van der Waals surface area (Å²) >= 11 is 0. The molecule has 2 fully saturated rings. The van der Waals surface area contributed by atoms with E-state index in [-0.39, 0.29) is 5.54 Å². The van der Waals surface area contributed by atoms with Crippen LogP contribution in [0.5, 0.6) is 0 Å². The minimum absolute atomic E-state index is 0.263. The maximum atomic E-state index is 3.69. The van der Waals surface area contributed by atoms with E-state index in [0.29, 0.717) is 0 Å². The second-order valence-electron chi connectivity index (χ2n) is 8.28. The van der Waals surface area contributed by atoms with Crippen LogP contribution in [0.25, 0.3) is 0 Å². The molecular formula is C17H35N3. The van der Waals surface area contributed by atoms with Crippen molar-refractivity contribution in [1.29, 1.82) is 0 Å². The summed E-state index contributed by atoms with van der Waals surface area (Å²) in [5.74, 6) is 1.81. The van der Waals surface area contributed by atoms with E-state index in [1.807, 2.05) is 0 Å². The summed E-state index contributed by atoms with van der Waals surface area (Å²) in [5.41, 5.74) is 0.263. The van der Waals surface area contributed by atoms with Gasteiger partial charge in [-0.3, -0.25) is 0 Å². The van der Waals surface area contributed by atoms with Crippen LogP contribution in [0.2, 0.25) is 0 Å². The van der Waals surface area contributed by atoms with Crippen LogP contribution in [0.15, 0.2) is 0 Å². The zero-order valence-electron chi connectivity index (χ0n) is 14.3. The molecule has 118 valence electrons. The summed E-state index contributed by atoms with van der Waals surface area (Å²) < 4.78 is 0. The average Bonchev–Trinajstić information content (AvgIpc) is 2.28. The molecule has 0 spiro atoms. The Morgan fingerprint density at radius 3 is 2.15 bits per heavy atom. The fraction of sp³-hybridized carbons (Fsp3) is 1.00. The highest BCUT2D eigenvalue weighted by molar-refractivity contribution is 4.93. The lowest BCUT2D eigenvalue weighted by Gasteiger charge is -2.48. The Kier molecular flexibility index (Phi) is 5.49. The normalized spacial score (nSPS) is 29.7. The van der Waals surface area contributed by atoms with E-state index in [9.17, 15) is 0 Å². The van der Waals surface area contributed by atoms with Gasteiger partial charge in [-0.1, -0.05) is 0 Å². The molecular weight excluding hydrogens is 246 g/mol. The Bertz CT molecular complexity index is 287. The molecule has 1 saturated heterocycles. The summed E-state index contributed by atoms with van der Waals surface area (Å²) in [5, 5.41) is 3.69. The van der Waals surface area contributed by atoms with Gasteiger partial charge in [-0.15, -0.1) is 0 Å². The van der Waals surface area contributed by atoms with Crippen molar-refractivity contribution in [3.63, 3.8) is 0 Å². The zero-order chi connectivity index (χ0) is 14.8. The lowest BCUT2D eigenvalue weighted by Crippen LogP contribution is -2.54. The van der Waals surface area contributed by atoms with Gasteiger partial charge >= 0.3 is 0 Å². The Morgan fingerprint density at radius 2 is 1.70 bits per heavy atom. The highest BCUT2D eigenvalue weighted by Crippen LogP contribution is 2.34. The molecule has 1 aliphatic carbocycles. The van der Waals surface area contributed by atoms with Gasteiger partial charge in [0, 0.05) is 18.1 Å². The maximum Gasteiger partial charge on any atom is 0.0136 e. The van der Waals surface area contributed by atoms with E-state index in [4.69, 9.17) is 0 Å². The van der Waals surface area contributed by atoms with Gasteiger partial charge < -0.3 is 15.1 Å². The van der Waals surface area contributed by atoms with Gasteiger partial charge in [0.25, 0.3) is 0 Å². The molecule has 0 amide bonds. The van der Waals surface area contributed by atoms with Crippen LogP contribution in [-0.4, -0.2) is 61.7 Å². The fourth-order valence-corrected chi connectivity index (χ4v) is 3.69. The van der Waals surface area contributed by atoms with Gasteiger partial charge in [-0.25, -0.2) is 0 Å². The third kappa shape index (κ3) is 4.71. The Labute approximate surface area is 126 Å². The summed E-state index contributed by atoms with van der Waals surface area (Å²) in [7, 11) is 4.40. The third-order valence-corrected chi connectivity index (χ3v) is 5.01. The van der Waals surface area contributed by atoms with E-state index in [0.717, 1.165) is 17.9 Å². The lowest BCUT2D eigenvalue weighted by atomic mass is 9.77. The summed E-state index contributed by atoms with van der Waals surface area (Å²) in [6, 6.07) is 0.866. The summed E-state index contributed by atoms with van der Waals surface area (Å²) in [6.07, 6.45) is 5.64. The predicted molar refractivity (Wildman–Crippen MR) is 87.1 cm³/mol. The summed E-state index contributed by atoms with van der Waals surface area (Å²) in [4.78, 5) is 5.13. The van der Waals surface area contributed by atoms with Crippen LogP contribution >= 0.6 is 0 Å². The molecule has 0 aromatic carbocycles. The lowest BCUT2D eigenvalue weighted by molar-refractivity contribution is 0.0287. The van der Waals surface area contributed by atoms with Crippen LogP contribution in [-0.2, 0) is 0 Å². The van der Waals surface area contributed by atoms with Gasteiger partial charge in [-0.05, 0) is 92.0 Å². The molecule has 3 nitrogen and oxygen atoms in total. The van der Waals surface area contributed by atoms with Crippen molar-refractivity contribution < 1.29 is 0 Å². The minimum atomic E-state index is 0.263. The first kappa shape index (κ1) is 16.3. The van der Waals surface area contributed by atoms with Gasteiger partial charge in [0.2, 0.25) is 0 Å². The molecule has 0 aromatic heterocycles. The van der Waals surface area contributed by atoms with Crippen molar-refractivity contribution in [3.05, 3.63) is 0 Å². The van der Waals surface area contributed by atoms with Crippen molar-refractivity contribution in [2.75, 3.05) is 40.3 Å². The van der Waals surface area contributed by atoms with E-state index in [1.54, 1.807) is 0 Å². The van der Waals surface area contributed by atoms with Crippen molar-refractivity contribution in [3.8, 4) is 0 Å². The number of piperidine rings is 1. The van der Waals surface area contributed by atoms with Gasteiger partial charge in [0.05, 0.1) is 0 Å². The standard InChI is InChI=1S/C17H35N3/c1-17(2,3)18-12-15-6-7-16(15)20-10-8-14(9-11-20)13-19(4)5/h14-16,18H,6-13H2,1-5H3. The molecule has 0 aromatic rings. The molecule has 2 atom stereocenters. The Hall–Kier alpha value is -0.120. The number of likely N-dealkylation sites (tertiary alicyclic amines) is 1. The SMILES string of the molecule is CN(C)CC1CCN(C2CCC2CNC(C)(C)C)CC1. The highest BCUT2D eigenvalue weighted by atomic mass is 15.2. The van der Waals surface area contributed by atoms with E-state index >= 15 is 0 Å². The van der Waals surface area contributed by atoms with Crippen molar-refractivity contribution in [1.82, 2.24) is 15.1 Å². The van der Waals surface area contributed by atoms with E-state index < -0.39 is 0 Å². The molecule has 0 radical (unpaired) electrons. The number of hydrogen-bond donors (Lipinski definition) is 1. The first-order chi connectivity index (χ1) is 9.35. The van der Waals surface area contributed by atoms with Gasteiger partial charge in [-0.2, -0.15) is 0 Å². The molecule has 1 heterocycles. The smallest absolute Gasteiger partial charge is 0.0136 e. The molecule has 20 heavy (non-hydrogen) atoms. The number of nitrogens with one attached hydrogen (secondary N) is 1. The predicted octanol–water partition coefficient (Wildman–Crippen LogP) is 2.43. The Morgan fingerprint density at radius 1 is 1.05 bits per heavy atom. The maximum absolute atomic E-state index is 3.69. The second kappa shape index (κ2) is 6.76. The van der Waals surface area contributed by atoms with Crippen molar-refractivity contribution in [2.24, 2.45) is 11.8 Å². The molecule has 1 N–H and O–H groups in total. The quantitative estimate of drug-likeness (QED) is 0.835. The van der Waals surface area contributed by atoms with Crippen LogP contribution in [0.3, 0.4) is 0 Å². The van der Waals surface area contributed by atoms with Crippen LogP contribution < -0.4 is 5.32 Å². The topological polar surface area (TPSA) is 18.5 Å². The highest BCUT2D eigenvalue weighted by Gasteiger charge is 2.37. The molecule has 2 unspecified atom stereocenters. The molecule has 3 heteroatoms. The van der Waals surface area contributed by atoms with Crippen molar-refractivity contribution in [2.45, 2.75) is 58.0 Å². The average molecular weight is 281 g/mol. The Balaban J connectivity index is 1.71. The number of hydrogen-bond acceptors (Lipinski definition) is 3. The fourth-order valence-electron chi connectivity index (χ4n) is 3.69. The number of rotatable bonds is 5. The summed E-state index contributed by atoms with van der Waals surface area (Å²) in [6.45, 7) is 11.9. The largest absolute Gasteiger partial charge is 0.312 e. The van der Waals surface area contributed by atoms with E-state index in [1.165, 1.54) is 51.9 Å². The minimum Gasteiger partial charge on any atom is -0.312 e. The molecule has 2 rings (SSSR count). The van der Waals surface area contributed by atoms with Crippen LogP contribution in [0.4, 0.5) is 0 Å². The first-order valence-electron chi connectivity index (χ1n) is 8.49. The first-order valence-corrected chi connectivity index (χ1v) is 8.49. The number of nitrogens with zero attached hydrogens (tertiary/aromatic N) is 2. The third-order valence-electron chi connectivity index (χ3n) is 5.01. The van der Waals surface area contributed by atoms with Crippen LogP contribution in [0.1, 0.15) is 46.5 Å². The van der Waals surface area contributed by atoms with Gasteiger partial charge in [0.15, 0.2) is 0 Å². The van der Waals surface area contributed by atoms with Gasteiger partial charge in [0.1, 0.15) is 0 Å². The molecule has 1 aliphatic heterocycles.